The molecule has 0 amide bonds. The minimum atomic E-state index is -2.02. The number of carbonyl (C=O) groups is 1. The van der Waals surface area contributed by atoms with Crippen LogP contribution >= 0.6 is 0 Å². The van der Waals surface area contributed by atoms with Gasteiger partial charge in [0, 0.05) is 6.42 Å². The lowest BCUT2D eigenvalue weighted by atomic mass is 9.89. The van der Waals surface area contributed by atoms with Crippen molar-refractivity contribution in [3.8, 4) is 0 Å². The van der Waals surface area contributed by atoms with E-state index in [1.807, 2.05) is 25.1 Å². The Kier molecular flexibility index (Phi) is 9.33. The number of aryl methyl sites for hydroxylation is 1. The molecule has 0 radical (unpaired) electrons. The molecule has 0 aliphatic rings. The van der Waals surface area contributed by atoms with Gasteiger partial charge >= 0.3 is 5.97 Å². The van der Waals surface area contributed by atoms with Crippen LogP contribution in [0.4, 0.5) is 0 Å². The molecule has 0 N–H and O–H groups in total. The van der Waals surface area contributed by atoms with Gasteiger partial charge in [0.15, 0.2) is 22.2 Å². The van der Waals surface area contributed by atoms with E-state index >= 15 is 0 Å². The van der Waals surface area contributed by atoms with Crippen LogP contribution in [0, 0.1) is 0 Å². The lowest BCUT2D eigenvalue weighted by Crippen LogP contribution is -2.50. The molecule has 1 rings (SSSR count). The van der Waals surface area contributed by atoms with Gasteiger partial charge in [0.2, 0.25) is 0 Å². The smallest absolute Gasteiger partial charge is 0.337 e. The van der Waals surface area contributed by atoms with Crippen molar-refractivity contribution in [2.75, 3.05) is 13.2 Å². The van der Waals surface area contributed by atoms with E-state index in [-0.39, 0.29) is 5.97 Å². The number of ether oxygens (including phenoxy) is 1. The molecule has 0 spiro atoms. The molecule has 0 saturated heterocycles. The number of hydrogen-bond acceptors (Lipinski definition) is 4. The molecular formula is C22H38O4Si2. The van der Waals surface area contributed by atoms with Gasteiger partial charge in [-0.3, -0.25) is 0 Å². The summed E-state index contributed by atoms with van der Waals surface area (Å²) in [5, 5.41) is 0. The topological polar surface area (TPSA) is 44.8 Å². The van der Waals surface area contributed by atoms with Gasteiger partial charge in [0.1, 0.15) is 0 Å². The van der Waals surface area contributed by atoms with E-state index in [0.29, 0.717) is 26.1 Å². The number of rotatable bonds is 12. The first kappa shape index (κ1) is 24.8. The number of hydrogen-bond donors (Lipinski definition) is 0. The van der Waals surface area contributed by atoms with Crippen LogP contribution in [0.2, 0.25) is 39.3 Å². The Bertz CT molecular complexity index is 632. The lowest BCUT2D eigenvalue weighted by Gasteiger charge is -2.38. The Labute approximate surface area is 173 Å². The Morgan fingerprint density at radius 2 is 1.64 bits per heavy atom. The zero-order valence-electron chi connectivity index (χ0n) is 18.8. The fourth-order valence-electron chi connectivity index (χ4n) is 3.00. The van der Waals surface area contributed by atoms with Crippen LogP contribution in [-0.4, -0.2) is 41.4 Å². The Morgan fingerprint density at radius 1 is 1.04 bits per heavy atom. The minimum absolute atomic E-state index is 0.289. The van der Waals surface area contributed by atoms with E-state index in [9.17, 15) is 4.79 Å². The van der Waals surface area contributed by atoms with Crippen molar-refractivity contribution >= 4 is 22.6 Å². The molecule has 6 heteroatoms. The zero-order valence-corrected chi connectivity index (χ0v) is 20.8. The maximum Gasteiger partial charge on any atom is 0.337 e. The van der Waals surface area contributed by atoms with Crippen molar-refractivity contribution in [1.29, 1.82) is 0 Å². The van der Waals surface area contributed by atoms with Crippen LogP contribution in [0.1, 0.15) is 25.3 Å². The number of esters is 1. The van der Waals surface area contributed by atoms with Gasteiger partial charge in [-0.15, -0.1) is 0 Å². The van der Waals surface area contributed by atoms with Crippen molar-refractivity contribution in [3.63, 3.8) is 0 Å². The molecule has 4 nitrogen and oxygen atoms in total. The molecular weight excluding hydrogens is 384 g/mol. The average molecular weight is 423 g/mol. The molecule has 0 aliphatic heterocycles. The predicted octanol–water partition coefficient (Wildman–Crippen LogP) is 5.57. The van der Waals surface area contributed by atoms with Crippen molar-refractivity contribution in [3.05, 3.63) is 48.0 Å². The summed E-state index contributed by atoms with van der Waals surface area (Å²) >= 11 is 0. The van der Waals surface area contributed by atoms with E-state index in [2.05, 4.69) is 58.0 Å². The summed E-state index contributed by atoms with van der Waals surface area (Å²) in [4.78, 5) is 13.1. The summed E-state index contributed by atoms with van der Waals surface area (Å²) in [5.41, 5.74) is 1.04. The van der Waals surface area contributed by atoms with Crippen LogP contribution in [0.5, 0.6) is 0 Å². The van der Waals surface area contributed by atoms with Crippen molar-refractivity contribution < 1.29 is 18.4 Å². The molecule has 1 aromatic rings. The first-order valence-corrected chi connectivity index (χ1v) is 16.9. The van der Waals surface area contributed by atoms with Gasteiger partial charge in [-0.25, -0.2) is 4.79 Å². The maximum atomic E-state index is 13.1. The fraction of sp³-hybridized carbons (Fsp3) is 0.591. The lowest BCUT2D eigenvalue weighted by molar-refractivity contribution is -0.163. The van der Waals surface area contributed by atoms with Gasteiger partial charge in [-0.05, 0) is 70.2 Å². The predicted molar refractivity (Wildman–Crippen MR) is 122 cm³/mol. The van der Waals surface area contributed by atoms with Crippen LogP contribution in [0.15, 0.2) is 42.5 Å². The summed E-state index contributed by atoms with van der Waals surface area (Å²) in [6.07, 6.45) is 1.73. The quantitative estimate of drug-likeness (QED) is 0.251. The summed E-state index contributed by atoms with van der Waals surface area (Å²) in [6.45, 7) is 19.6. The second kappa shape index (κ2) is 10.5. The standard InChI is InChI=1S/C22H38O4Si2/c1-9-24-21(23)22(26-28(6,7)8,16-15-20-13-11-10-12-14-20)17-19(2)18-25-27(3,4)5/h10-14H,2,9,15-18H2,1,3-8H3/t22-/m1/s1. The molecule has 1 atom stereocenters. The third-order valence-corrected chi connectivity index (χ3v) is 6.07. The highest BCUT2D eigenvalue weighted by molar-refractivity contribution is 6.70. The molecule has 0 saturated carbocycles. The first-order valence-electron chi connectivity index (χ1n) is 10.1. The van der Waals surface area contributed by atoms with E-state index in [0.717, 1.165) is 12.0 Å². The van der Waals surface area contributed by atoms with E-state index in [1.165, 1.54) is 5.56 Å². The molecule has 0 heterocycles. The van der Waals surface area contributed by atoms with Crippen LogP contribution in [0.3, 0.4) is 0 Å². The fourth-order valence-corrected chi connectivity index (χ4v) is 5.07. The second-order valence-electron chi connectivity index (χ2n) is 9.24. The Morgan fingerprint density at radius 3 is 2.14 bits per heavy atom. The Hall–Kier alpha value is -1.22. The van der Waals surface area contributed by atoms with Crippen molar-refractivity contribution in [1.82, 2.24) is 0 Å². The van der Waals surface area contributed by atoms with E-state index in [1.54, 1.807) is 0 Å². The number of carbonyl (C=O) groups excluding carboxylic acids is 1. The third kappa shape index (κ3) is 9.32. The molecule has 0 fully saturated rings. The summed E-state index contributed by atoms with van der Waals surface area (Å²) in [7, 11) is -3.69. The van der Waals surface area contributed by atoms with Gasteiger partial charge in [0.25, 0.3) is 0 Å². The molecule has 28 heavy (non-hydrogen) atoms. The largest absolute Gasteiger partial charge is 0.464 e. The number of benzene rings is 1. The average Bonchev–Trinajstić information content (AvgIpc) is 2.57. The van der Waals surface area contributed by atoms with Crippen molar-refractivity contribution in [2.24, 2.45) is 0 Å². The van der Waals surface area contributed by atoms with Crippen molar-refractivity contribution in [2.45, 2.75) is 71.1 Å². The van der Waals surface area contributed by atoms with E-state index < -0.39 is 22.2 Å². The normalized spacial score (nSPS) is 14.4. The third-order valence-electron chi connectivity index (χ3n) is 4.05. The molecule has 0 bridgehead atoms. The second-order valence-corrected chi connectivity index (χ2v) is 18.2. The maximum absolute atomic E-state index is 13.1. The van der Waals surface area contributed by atoms with Gasteiger partial charge in [0.05, 0.1) is 13.2 Å². The Balaban J connectivity index is 3.11. The molecule has 158 valence electrons. The highest BCUT2D eigenvalue weighted by Crippen LogP contribution is 2.32. The summed E-state index contributed by atoms with van der Waals surface area (Å²) in [6, 6.07) is 10.2. The molecule has 0 unspecified atom stereocenters. The minimum Gasteiger partial charge on any atom is -0.464 e. The van der Waals surface area contributed by atoms with Crippen LogP contribution in [0.25, 0.3) is 0 Å². The van der Waals surface area contributed by atoms with E-state index in [4.69, 9.17) is 13.6 Å². The highest BCUT2D eigenvalue weighted by atomic mass is 28.4. The monoisotopic (exact) mass is 422 g/mol. The zero-order chi connectivity index (χ0) is 21.4. The SMILES string of the molecule is C=C(CO[Si](C)(C)C)C[C@@](CCc1ccccc1)(O[Si](C)(C)C)C(=O)OCC. The van der Waals surface area contributed by atoms with Gasteiger partial charge < -0.3 is 13.6 Å². The molecule has 0 aliphatic carbocycles. The molecule has 0 aromatic heterocycles. The first-order chi connectivity index (χ1) is 12.9. The van der Waals surface area contributed by atoms with Crippen LogP contribution in [-0.2, 0) is 24.8 Å². The van der Waals surface area contributed by atoms with Gasteiger partial charge in [-0.2, -0.15) is 0 Å². The van der Waals surface area contributed by atoms with Crippen LogP contribution < -0.4 is 0 Å². The van der Waals surface area contributed by atoms with Gasteiger partial charge in [-0.1, -0.05) is 36.9 Å². The highest BCUT2D eigenvalue weighted by Gasteiger charge is 2.44. The molecule has 1 aromatic carbocycles. The summed E-state index contributed by atoms with van der Waals surface area (Å²) < 4.78 is 18.0. The summed E-state index contributed by atoms with van der Waals surface area (Å²) in [5.74, 6) is -0.289.